The van der Waals surface area contributed by atoms with Crippen molar-refractivity contribution >= 4 is 29.7 Å². The first-order valence-corrected chi connectivity index (χ1v) is 8.72. The van der Waals surface area contributed by atoms with Gasteiger partial charge in [-0.3, -0.25) is 14.9 Å². The summed E-state index contributed by atoms with van der Waals surface area (Å²) < 4.78 is 29.3. The van der Waals surface area contributed by atoms with E-state index in [2.05, 4.69) is 30.9 Å². The van der Waals surface area contributed by atoms with E-state index in [-0.39, 0.29) is 29.6 Å². The second kappa shape index (κ2) is 9.45. The molecule has 156 valence electrons. The number of phenols is 1. The predicted octanol–water partition coefficient (Wildman–Crippen LogP) is 1.80. The van der Waals surface area contributed by atoms with Crippen molar-refractivity contribution in [2.24, 2.45) is 10.1 Å². The van der Waals surface area contributed by atoms with E-state index in [4.69, 9.17) is 0 Å². The highest BCUT2D eigenvalue weighted by Crippen LogP contribution is 2.25. The highest BCUT2D eigenvalue weighted by atomic mass is 19.3. The number of hydrogen-bond acceptors (Lipinski definition) is 7. The number of guanidine groups is 1. The van der Waals surface area contributed by atoms with E-state index < -0.39 is 24.5 Å². The molecule has 0 saturated carbocycles. The third-order valence-electron chi connectivity index (χ3n) is 3.90. The number of hydrogen-bond donors (Lipinski definition) is 4. The van der Waals surface area contributed by atoms with E-state index in [1.807, 2.05) is 0 Å². The second-order valence-electron chi connectivity index (χ2n) is 6.04. The molecule has 0 bridgehead atoms. The van der Waals surface area contributed by atoms with Gasteiger partial charge in [-0.15, -0.1) is 0 Å². The maximum Gasteiger partial charge on any atom is 0.387 e. The van der Waals surface area contributed by atoms with Crippen molar-refractivity contribution < 1.29 is 28.2 Å². The number of halogens is 2. The minimum atomic E-state index is -3.04. The number of aliphatic imine (C=N–C) groups is 1. The summed E-state index contributed by atoms with van der Waals surface area (Å²) in [5.41, 5.74) is 3.02. The minimum absolute atomic E-state index is 0.0332. The molecular weight excluding hydrogens is 400 g/mol. The van der Waals surface area contributed by atoms with Crippen molar-refractivity contribution in [2.45, 2.75) is 19.1 Å². The van der Waals surface area contributed by atoms with Crippen LogP contribution in [0.2, 0.25) is 0 Å². The summed E-state index contributed by atoms with van der Waals surface area (Å²) in [4.78, 5) is 28.3. The number of benzene rings is 2. The van der Waals surface area contributed by atoms with Crippen LogP contribution in [0.3, 0.4) is 0 Å². The average Bonchev–Trinajstić information content (AvgIpc) is 3.03. The van der Waals surface area contributed by atoms with Crippen LogP contribution in [0.5, 0.6) is 11.5 Å². The van der Waals surface area contributed by atoms with Gasteiger partial charge < -0.3 is 15.2 Å². The smallest absolute Gasteiger partial charge is 0.387 e. The Balaban J connectivity index is 1.58. The van der Waals surface area contributed by atoms with Gasteiger partial charge in [0.1, 0.15) is 17.5 Å². The number of nitrogens with one attached hydrogen (secondary N) is 3. The molecule has 0 fully saturated rings. The lowest BCUT2D eigenvalue weighted by atomic mass is 10.2. The van der Waals surface area contributed by atoms with Gasteiger partial charge in [0, 0.05) is 5.56 Å². The van der Waals surface area contributed by atoms with Gasteiger partial charge in [-0.25, -0.2) is 10.4 Å². The Labute approximate surface area is 169 Å². The molecule has 0 aliphatic carbocycles. The van der Waals surface area contributed by atoms with Gasteiger partial charge in [0.05, 0.1) is 18.3 Å². The molecule has 9 nitrogen and oxygen atoms in total. The standard InChI is InChI=1S/C19H17F2N5O4/c20-18(21)30-15-8-4-2-6-12(15)23-16(28)9-13-17(29)25-19(24-13)26-22-10-11-5-1-3-7-14(11)27/h1-8,10,13,18,27H,9H2,(H,23,28)(H2,24,25,26,29). The molecular formula is C19H17F2N5O4. The highest BCUT2D eigenvalue weighted by Gasteiger charge is 2.28. The topological polar surface area (TPSA) is 124 Å². The summed E-state index contributed by atoms with van der Waals surface area (Å²) in [6.45, 7) is -3.04. The normalized spacial score (nSPS) is 15.8. The Morgan fingerprint density at radius 1 is 1.27 bits per heavy atom. The fourth-order valence-corrected chi connectivity index (χ4v) is 2.55. The summed E-state index contributed by atoms with van der Waals surface area (Å²) in [5.74, 6) is -1.26. The predicted molar refractivity (Wildman–Crippen MR) is 105 cm³/mol. The van der Waals surface area contributed by atoms with Crippen LogP contribution in [-0.4, -0.2) is 41.7 Å². The molecule has 0 saturated heterocycles. The second-order valence-corrected chi connectivity index (χ2v) is 6.04. The number of anilines is 1. The van der Waals surface area contributed by atoms with E-state index in [1.54, 1.807) is 24.3 Å². The molecule has 11 heteroatoms. The summed E-state index contributed by atoms with van der Waals surface area (Å²) in [7, 11) is 0. The molecule has 2 aromatic carbocycles. The van der Waals surface area contributed by atoms with Crippen LogP contribution in [0, 0.1) is 0 Å². The van der Waals surface area contributed by atoms with E-state index in [9.17, 15) is 23.5 Å². The first kappa shape index (κ1) is 20.7. The molecule has 0 spiro atoms. The number of aromatic hydroxyl groups is 1. The van der Waals surface area contributed by atoms with Gasteiger partial charge in [0.15, 0.2) is 0 Å². The Hall–Kier alpha value is -4.02. The van der Waals surface area contributed by atoms with Crippen molar-refractivity contribution in [2.75, 3.05) is 5.32 Å². The molecule has 30 heavy (non-hydrogen) atoms. The molecule has 0 aromatic heterocycles. The first-order valence-electron chi connectivity index (χ1n) is 8.72. The maximum absolute atomic E-state index is 12.5. The number of carbonyl (C=O) groups excluding carboxylic acids is 2. The number of carbonyl (C=O) groups is 2. The maximum atomic E-state index is 12.5. The number of hydrazone groups is 1. The average molecular weight is 417 g/mol. The molecule has 1 heterocycles. The SMILES string of the molecule is O=C(CC1N=C(NN=Cc2ccccc2O)NC1=O)Nc1ccccc1OC(F)F. The van der Waals surface area contributed by atoms with E-state index in [0.29, 0.717) is 5.56 Å². The summed E-state index contributed by atoms with van der Waals surface area (Å²) in [5, 5.41) is 18.4. The Kier molecular flexibility index (Phi) is 6.53. The van der Waals surface area contributed by atoms with Crippen molar-refractivity contribution in [3.8, 4) is 11.5 Å². The van der Waals surface area contributed by atoms with Gasteiger partial charge in [-0.2, -0.15) is 13.9 Å². The van der Waals surface area contributed by atoms with E-state index >= 15 is 0 Å². The lowest BCUT2D eigenvalue weighted by molar-refractivity contribution is -0.123. The van der Waals surface area contributed by atoms with Crippen LogP contribution in [0.25, 0.3) is 0 Å². The largest absolute Gasteiger partial charge is 0.507 e. The minimum Gasteiger partial charge on any atom is -0.507 e. The number of nitrogens with zero attached hydrogens (tertiary/aromatic N) is 2. The molecule has 1 atom stereocenters. The Bertz CT molecular complexity index is 996. The molecule has 4 N–H and O–H groups in total. The van der Waals surface area contributed by atoms with Crippen molar-refractivity contribution in [1.82, 2.24) is 10.7 Å². The molecule has 0 radical (unpaired) electrons. The van der Waals surface area contributed by atoms with Crippen LogP contribution in [0.15, 0.2) is 58.6 Å². The zero-order chi connectivity index (χ0) is 21.5. The van der Waals surface area contributed by atoms with Crippen molar-refractivity contribution in [1.29, 1.82) is 0 Å². The van der Waals surface area contributed by atoms with Gasteiger partial charge >= 0.3 is 6.61 Å². The zero-order valence-electron chi connectivity index (χ0n) is 15.4. The van der Waals surface area contributed by atoms with Crippen LogP contribution >= 0.6 is 0 Å². The number of alkyl halides is 2. The number of rotatable bonds is 7. The van der Waals surface area contributed by atoms with Crippen molar-refractivity contribution in [3.63, 3.8) is 0 Å². The summed E-state index contributed by atoms with van der Waals surface area (Å²) >= 11 is 0. The van der Waals surface area contributed by atoms with Crippen LogP contribution in [0.4, 0.5) is 14.5 Å². The quantitative estimate of drug-likeness (QED) is 0.404. The van der Waals surface area contributed by atoms with Crippen molar-refractivity contribution in [3.05, 3.63) is 54.1 Å². The lowest BCUT2D eigenvalue weighted by Gasteiger charge is -2.12. The highest BCUT2D eigenvalue weighted by molar-refractivity contribution is 6.07. The molecule has 1 aliphatic heterocycles. The van der Waals surface area contributed by atoms with Gasteiger partial charge in [0.2, 0.25) is 11.9 Å². The third-order valence-corrected chi connectivity index (χ3v) is 3.90. The van der Waals surface area contributed by atoms with E-state index in [1.165, 1.54) is 30.5 Å². The Morgan fingerprint density at radius 3 is 2.77 bits per heavy atom. The molecule has 3 rings (SSSR count). The fourth-order valence-electron chi connectivity index (χ4n) is 2.55. The molecule has 2 amide bonds. The monoisotopic (exact) mass is 417 g/mol. The number of ether oxygens (including phenoxy) is 1. The number of phenolic OH excluding ortho intramolecular Hbond substituents is 1. The van der Waals surface area contributed by atoms with Crippen LogP contribution in [-0.2, 0) is 9.59 Å². The molecule has 1 unspecified atom stereocenters. The van der Waals surface area contributed by atoms with Crippen LogP contribution in [0.1, 0.15) is 12.0 Å². The number of para-hydroxylation sites is 3. The lowest BCUT2D eigenvalue weighted by Crippen LogP contribution is -2.35. The van der Waals surface area contributed by atoms with Gasteiger partial charge in [-0.05, 0) is 24.3 Å². The Morgan fingerprint density at radius 2 is 2.00 bits per heavy atom. The fraction of sp³-hybridized carbons (Fsp3) is 0.158. The van der Waals surface area contributed by atoms with Gasteiger partial charge in [0.25, 0.3) is 5.91 Å². The summed E-state index contributed by atoms with van der Waals surface area (Å²) in [6.07, 6.45) is 1.02. The van der Waals surface area contributed by atoms with Gasteiger partial charge in [-0.1, -0.05) is 24.3 Å². The molecule has 2 aromatic rings. The third kappa shape index (κ3) is 5.50. The van der Waals surface area contributed by atoms with E-state index in [0.717, 1.165) is 0 Å². The summed E-state index contributed by atoms with van der Waals surface area (Å²) in [6, 6.07) is 11.2. The van der Waals surface area contributed by atoms with Crippen LogP contribution < -0.4 is 20.8 Å². The number of amides is 2. The first-order chi connectivity index (χ1) is 14.4. The molecule has 1 aliphatic rings. The zero-order valence-corrected chi connectivity index (χ0v) is 15.4.